The van der Waals surface area contributed by atoms with Crippen molar-refractivity contribution in [3.8, 4) is 0 Å². The molecule has 1 aromatic rings. The minimum absolute atomic E-state index is 0.310. The summed E-state index contributed by atoms with van der Waals surface area (Å²) in [6, 6.07) is 5.35. The van der Waals surface area contributed by atoms with Gasteiger partial charge >= 0.3 is 6.18 Å². The van der Waals surface area contributed by atoms with Crippen LogP contribution in [-0.2, 0) is 0 Å². The third-order valence-electron chi connectivity index (χ3n) is 3.47. The zero-order valence-electron chi connectivity index (χ0n) is 9.72. The van der Waals surface area contributed by atoms with Gasteiger partial charge in [0.1, 0.15) is 6.04 Å². The van der Waals surface area contributed by atoms with E-state index in [9.17, 15) is 13.2 Å². The maximum atomic E-state index is 12.9. The molecule has 1 N–H and O–H groups in total. The van der Waals surface area contributed by atoms with Crippen LogP contribution in [0.2, 0.25) is 0 Å². The van der Waals surface area contributed by atoms with Crippen LogP contribution in [0, 0.1) is 0 Å². The Kier molecular flexibility index (Phi) is 3.43. The Morgan fingerprint density at radius 3 is 2.35 bits per heavy atom. The third-order valence-corrected chi connectivity index (χ3v) is 3.47. The summed E-state index contributed by atoms with van der Waals surface area (Å²) in [7, 11) is 1.36. The number of hydrogen-bond acceptors (Lipinski definition) is 1. The molecule has 1 aliphatic rings. The molecular formula is C13H16F3N. The van der Waals surface area contributed by atoms with Crippen molar-refractivity contribution in [1.29, 1.82) is 0 Å². The number of alkyl halides is 3. The summed E-state index contributed by atoms with van der Waals surface area (Å²) in [5, 5.41) is 2.38. The average molecular weight is 243 g/mol. The predicted molar refractivity (Wildman–Crippen MR) is 60.9 cm³/mol. The maximum Gasteiger partial charge on any atom is 0.407 e. The molecule has 4 heteroatoms. The third kappa shape index (κ3) is 2.46. The molecule has 1 unspecified atom stereocenters. The van der Waals surface area contributed by atoms with Crippen molar-refractivity contribution >= 4 is 0 Å². The van der Waals surface area contributed by atoms with E-state index in [2.05, 4.69) is 5.32 Å². The zero-order chi connectivity index (χ0) is 12.5. The van der Waals surface area contributed by atoms with Gasteiger partial charge in [-0.2, -0.15) is 13.2 Å². The molecule has 0 saturated heterocycles. The lowest BCUT2D eigenvalue weighted by Crippen LogP contribution is -2.33. The summed E-state index contributed by atoms with van der Waals surface area (Å²) in [4.78, 5) is 0. The number of halogens is 3. The molecule has 0 radical (unpaired) electrons. The standard InChI is InChI=1S/C13H16F3N/c1-17-12(13(14,15)16)11-8-3-2-7-10(11)9-5-4-6-9/h2-3,7-9,12,17H,4-6H2,1H3. The fourth-order valence-electron chi connectivity index (χ4n) is 2.36. The molecule has 0 bridgehead atoms. The molecule has 17 heavy (non-hydrogen) atoms. The second kappa shape index (κ2) is 4.69. The summed E-state index contributed by atoms with van der Waals surface area (Å²) in [6.07, 6.45) is -1.11. The number of nitrogens with one attached hydrogen (secondary N) is 1. The molecule has 1 saturated carbocycles. The lowest BCUT2D eigenvalue weighted by atomic mass is 9.77. The molecule has 94 valence electrons. The summed E-state index contributed by atoms with van der Waals surface area (Å²) in [5.41, 5.74) is 1.24. The van der Waals surface area contributed by atoms with Gasteiger partial charge in [0.25, 0.3) is 0 Å². The largest absolute Gasteiger partial charge is 0.407 e. The summed E-state index contributed by atoms with van der Waals surface area (Å²) in [5.74, 6) is 0.310. The highest BCUT2D eigenvalue weighted by atomic mass is 19.4. The van der Waals surface area contributed by atoms with E-state index in [4.69, 9.17) is 0 Å². The Morgan fingerprint density at radius 2 is 1.88 bits per heavy atom. The Hall–Kier alpha value is -1.03. The monoisotopic (exact) mass is 243 g/mol. The molecular weight excluding hydrogens is 227 g/mol. The minimum Gasteiger partial charge on any atom is -0.306 e. The molecule has 1 aliphatic carbocycles. The second-order valence-corrected chi connectivity index (χ2v) is 4.52. The van der Waals surface area contributed by atoms with E-state index < -0.39 is 12.2 Å². The fourth-order valence-corrected chi connectivity index (χ4v) is 2.36. The van der Waals surface area contributed by atoms with Crippen LogP contribution in [0.4, 0.5) is 13.2 Å². The quantitative estimate of drug-likeness (QED) is 0.852. The van der Waals surface area contributed by atoms with Crippen molar-refractivity contribution in [1.82, 2.24) is 5.32 Å². The summed E-state index contributed by atoms with van der Waals surface area (Å²) in [6.45, 7) is 0. The molecule has 0 heterocycles. The van der Waals surface area contributed by atoms with E-state index in [1.54, 1.807) is 12.1 Å². The first-order valence-electron chi connectivity index (χ1n) is 5.87. The Morgan fingerprint density at radius 1 is 1.24 bits per heavy atom. The van der Waals surface area contributed by atoms with E-state index in [0.717, 1.165) is 24.8 Å². The van der Waals surface area contributed by atoms with Gasteiger partial charge < -0.3 is 5.32 Å². The molecule has 0 spiro atoms. The van der Waals surface area contributed by atoms with Gasteiger partial charge in [-0.1, -0.05) is 30.7 Å². The molecule has 0 aromatic heterocycles. The van der Waals surface area contributed by atoms with Gasteiger partial charge in [0.2, 0.25) is 0 Å². The van der Waals surface area contributed by atoms with Crippen LogP contribution in [0.25, 0.3) is 0 Å². The van der Waals surface area contributed by atoms with E-state index in [1.165, 1.54) is 7.05 Å². The van der Waals surface area contributed by atoms with Crippen molar-refractivity contribution < 1.29 is 13.2 Å². The van der Waals surface area contributed by atoms with Crippen molar-refractivity contribution in [2.45, 2.75) is 37.4 Å². The highest BCUT2D eigenvalue weighted by molar-refractivity contribution is 5.35. The maximum absolute atomic E-state index is 12.9. The SMILES string of the molecule is CNC(c1ccccc1C1CCC1)C(F)(F)F. The number of hydrogen-bond donors (Lipinski definition) is 1. The van der Waals surface area contributed by atoms with Crippen LogP contribution in [0.3, 0.4) is 0 Å². The average Bonchev–Trinajstić information content (AvgIpc) is 2.16. The van der Waals surface area contributed by atoms with Crippen molar-refractivity contribution in [2.75, 3.05) is 7.05 Å². The Labute approximate surface area is 99.0 Å². The normalized spacial score (nSPS) is 18.8. The van der Waals surface area contributed by atoms with E-state index in [0.29, 0.717) is 11.5 Å². The van der Waals surface area contributed by atoms with E-state index >= 15 is 0 Å². The van der Waals surface area contributed by atoms with Gasteiger partial charge in [0, 0.05) is 0 Å². The molecule has 1 atom stereocenters. The van der Waals surface area contributed by atoms with Crippen LogP contribution in [0.1, 0.15) is 42.3 Å². The first kappa shape index (κ1) is 12.4. The van der Waals surface area contributed by atoms with Gasteiger partial charge in [0.05, 0.1) is 0 Å². The number of benzene rings is 1. The van der Waals surface area contributed by atoms with Crippen LogP contribution < -0.4 is 5.32 Å². The van der Waals surface area contributed by atoms with Gasteiger partial charge in [-0.15, -0.1) is 0 Å². The van der Waals surface area contributed by atoms with Crippen LogP contribution in [-0.4, -0.2) is 13.2 Å². The van der Waals surface area contributed by atoms with E-state index in [1.807, 2.05) is 12.1 Å². The van der Waals surface area contributed by atoms with Crippen LogP contribution in [0.5, 0.6) is 0 Å². The molecule has 0 amide bonds. The van der Waals surface area contributed by atoms with Crippen molar-refractivity contribution in [3.05, 3.63) is 35.4 Å². The lowest BCUT2D eigenvalue weighted by molar-refractivity contribution is -0.156. The lowest BCUT2D eigenvalue weighted by Gasteiger charge is -2.31. The van der Waals surface area contributed by atoms with Crippen molar-refractivity contribution in [2.24, 2.45) is 0 Å². The Bertz CT molecular complexity index is 382. The Balaban J connectivity index is 2.35. The van der Waals surface area contributed by atoms with Gasteiger partial charge in [-0.25, -0.2) is 0 Å². The fraction of sp³-hybridized carbons (Fsp3) is 0.538. The molecule has 1 nitrogen and oxygen atoms in total. The first-order chi connectivity index (χ1) is 8.04. The van der Waals surface area contributed by atoms with Crippen LogP contribution in [0.15, 0.2) is 24.3 Å². The highest BCUT2D eigenvalue weighted by Crippen LogP contribution is 2.42. The smallest absolute Gasteiger partial charge is 0.306 e. The van der Waals surface area contributed by atoms with Gasteiger partial charge in [-0.05, 0) is 36.9 Å². The van der Waals surface area contributed by atoms with Crippen LogP contribution >= 0.6 is 0 Å². The molecule has 1 aromatic carbocycles. The minimum atomic E-state index is -4.24. The number of rotatable bonds is 3. The van der Waals surface area contributed by atoms with Gasteiger partial charge in [-0.3, -0.25) is 0 Å². The molecule has 2 rings (SSSR count). The summed E-state index contributed by atoms with van der Waals surface area (Å²) >= 11 is 0. The predicted octanol–water partition coefficient (Wildman–Crippen LogP) is 3.78. The van der Waals surface area contributed by atoms with Gasteiger partial charge in [0.15, 0.2) is 0 Å². The van der Waals surface area contributed by atoms with Crippen molar-refractivity contribution in [3.63, 3.8) is 0 Å². The van der Waals surface area contributed by atoms with E-state index in [-0.39, 0.29) is 0 Å². The topological polar surface area (TPSA) is 12.0 Å². The first-order valence-corrected chi connectivity index (χ1v) is 5.87. The molecule has 1 fully saturated rings. The summed E-state index contributed by atoms with van der Waals surface area (Å²) < 4.78 is 38.7. The highest BCUT2D eigenvalue weighted by Gasteiger charge is 2.41. The second-order valence-electron chi connectivity index (χ2n) is 4.52. The molecule has 0 aliphatic heterocycles. The zero-order valence-corrected chi connectivity index (χ0v) is 9.72.